The van der Waals surface area contributed by atoms with Crippen molar-refractivity contribution in [3.63, 3.8) is 0 Å². The molecule has 2 fully saturated rings. The summed E-state index contributed by atoms with van der Waals surface area (Å²) in [6.07, 6.45) is 4.81. The highest BCUT2D eigenvalue weighted by atomic mass is 127. The average Bonchev–Trinajstić information content (AvgIpc) is 2.82. The highest BCUT2D eigenvalue weighted by Crippen LogP contribution is 2.24. The van der Waals surface area contributed by atoms with Gasteiger partial charge in [0.1, 0.15) is 0 Å². The van der Waals surface area contributed by atoms with Gasteiger partial charge in [0.25, 0.3) is 0 Å². The molecule has 7 nitrogen and oxygen atoms in total. The van der Waals surface area contributed by atoms with Crippen molar-refractivity contribution in [2.24, 2.45) is 16.8 Å². The average molecular weight is 558 g/mol. The standard InChI is InChI=1S/C24H39N5O2.HI/c1-3-26-24(29-14-8-19(9-15-29)16-23(31)25-2)27-17-20-4-6-22(7-5-20)28-12-10-21(18-30)11-13-28;/h4-7,19,21,30H,3,8-18H2,1-2H3,(H,25,31)(H,26,27);1H. The van der Waals surface area contributed by atoms with E-state index in [1.54, 1.807) is 7.05 Å². The molecule has 0 bridgehead atoms. The number of aliphatic hydroxyl groups is 1. The highest BCUT2D eigenvalue weighted by Gasteiger charge is 2.23. The summed E-state index contributed by atoms with van der Waals surface area (Å²) in [4.78, 5) is 21.3. The van der Waals surface area contributed by atoms with Gasteiger partial charge in [-0.1, -0.05) is 12.1 Å². The lowest BCUT2D eigenvalue weighted by Crippen LogP contribution is -2.46. The molecule has 3 N–H and O–H groups in total. The summed E-state index contributed by atoms with van der Waals surface area (Å²) in [6, 6.07) is 8.74. The molecule has 0 unspecified atom stereocenters. The van der Waals surface area contributed by atoms with Gasteiger partial charge >= 0.3 is 0 Å². The molecule has 3 rings (SSSR count). The lowest BCUT2D eigenvalue weighted by molar-refractivity contribution is -0.121. The van der Waals surface area contributed by atoms with E-state index in [-0.39, 0.29) is 29.9 Å². The Morgan fingerprint density at radius 1 is 1.06 bits per heavy atom. The Balaban J connectivity index is 0.00000363. The third-order valence-corrected chi connectivity index (χ3v) is 6.59. The van der Waals surface area contributed by atoms with Gasteiger partial charge in [-0.3, -0.25) is 4.79 Å². The minimum Gasteiger partial charge on any atom is -0.396 e. The summed E-state index contributed by atoms with van der Waals surface area (Å²) in [7, 11) is 1.71. The molecule has 2 heterocycles. The minimum absolute atomic E-state index is 0. The Bertz CT molecular complexity index is 712. The number of likely N-dealkylation sites (tertiary alicyclic amines) is 1. The number of anilines is 1. The van der Waals surface area contributed by atoms with Gasteiger partial charge in [0, 0.05) is 58.5 Å². The summed E-state index contributed by atoms with van der Waals surface area (Å²) in [5.41, 5.74) is 2.47. The van der Waals surface area contributed by atoms with Crippen molar-refractivity contribution in [2.75, 3.05) is 51.3 Å². The normalized spacial score (nSPS) is 18.3. The predicted molar refractivity (Wildman–Crippen MR) is 142 cm³/mol. The van der Waals surface area contributed by atoms with Gasteiger partial charge < -0.3 is 25.5 Å². The monoisotopic (exact) mass is 557 g/mol. The van der Waals surface area contributed by atoms with Crippen LogP contribution in [0, 0.1) is 11.8 Å². The lowest BCUT2D eigenvalue weighted by Gasteiger charge is -2.34. The van der Waals surface area contributed by atoms with Gasteiger partial charge in [-0.05, 0) is 62.1 Å². The van der Waals surface area contributed by atoms with Crippen molar-refractivity contribution in [2.45, 2.75) is 45.6 Å². The number of carbonyl (C=O) groups excluding carboxylic acids is 1. The smallest absolute Gasteiger partial charge is 0.220 e. The molecule has 1 amide bonds. The highest BCUT2D eigenvalue weighted by molar-refractivity contribution is 14.0. The van der Waals surface area contributed by atoms with Crippen LogP contribution < -0.4 is 15.5 Å². The van der Waals surface area contributed by atoms with Crippen molar-refractivity contribution in [3.05, 3.63) is 29.8 Å². The van der Waals surface area contributed by atoms with Gasteiger partial charge in [0.15, 0.2) is 5.96 Å². The van der Waals surface area contributed by atoms with Crippen LogP contribution in [0.1, 0.15) is 44.6 Å². The number of hydrogen-bond donors (Lipinski definition) is 3. The van der Waals surface area contributed by atoms with Crippen LogP contribution in [-0.4, -0.2) is 68.3 Å². The fourth-order valence-electron chi connectivity index (χ4n) is 4.49. The Morgan fingerprint density at radius 3 is 2.25 bits per heavy atom. The van der Waals surface area contributed by atoms with Crippen molar-refractivity contribution in [1.82, 2.24) is 15.5 Å². The van der Waals surface area contributed by atoms with Gasteiger partial charge in [0.2, 0.25) is 5.91 Å². The third kappa shape index (κ3) is 7.79. The van der Waals surface area contributed by atoms with E-state index in [2.05, 4.69) is 51.6 Å². The Labute approximate surface area is 210 Å². The first-order valence-corrected chi connectivity index (χ1v) is 11.8. The number of rotatable bonds is 7. The van der Waals surface area contributed by atoms with Crippen LogP contribution in [0.15, 0.2) is 29.3 Å². The Morgan fingerprint density at radius 2 is 1.69 bits per heavy atom. The molecule has 0 saturated carbocycles. The molecular weight excluding hydrogens is 517 g/mol. The van der Waals surface area contributed by atoms with Gasteiger partial charge in [-0.2, -0.15) is 0 Å². The van der Waals surface area contributed by atoms with E-state index in [4.69, 9.17) is 4.99 Å². The van der Waals surface area contributed by atoms with E-state index in [0.29, 0.717) is 31.4 Å². The van der Waals surface area contributed by atoms with Crippen LogP contribution >= 0.6 is 24.0 Å². The maximum atomic E-state index is 11.6. The van der Waals surface area contributed by atoms with Crippen molar-refractivity contribution >= 4 is 41.5 Å². The molecule has 32 heavy (non-hydrogen) atoms. The molecule has 0 atom stereocenters. The molecule has 0 aromatic heterocycles. The molecule has 0 aliphatic carbocycles. The quantitative estimate of drug-likeness (QED) is 0.273. The zero-order valence-electron chi connectivity index (χ0n) is 19.6. The van der Waals surface area contributed by atoms with Crippen molar-refractivity contribution in [1.29, 1.82) is 0 Å². The van der Waals surface area contributed by atoms with Crippen LogP contribution in [-0.2, 0) is 11.3 Å². The summed E-state index contributed by atoms with van der Waals surface area (Å²) >= 11 is 0. The molecule has 2 aliphatic rings. The molecule has 0 radical (unpaired) electrons. The summed E-state index contributed by atoms with van der Waals surface area (Å²) in [6.45, 7) is 7.83. The number of carbonyl (C=O) groups is 1. The van der Waals surface area contributed by atoms with E-state index in [0.717, 1.165) is 64.4 Å². The van der Waals surface area contributed by atoms with Crippen LogP contribution in [0.5, 0.6) is 0 Å². The zero-order chi connectivity index (χ0) is 22.1. The molecule has 2 aliphatic heterocycles. The van der Waals surface area contributed by atoms with E-state index in [1.165, 1.54) is 11.3 Å². The number of halogens is 1. The molecule has 0 spiro atoms. The first-order valence-electron chi connectivity index (χ1n) is 11.8. The first kappa shape index (κ1) is 26.7. The van der Waals surface area contributed by atoms with E-state index in [9.17, 15) is 9.90 Å². The summed E-state index contributed by atoms with van der Waals surface area (Å²) < 4.78 is 0. The zero-order valence-corrected chi connectivity index (χ0v) is 21.9. The van der Waals surface area contributed by atoms with Crippen LogP contribution in [0.3, 0.4) is 0 Å². The molecule has 180 valence electrons. The predicted octanol–water partition coefficient (Wildman–Crippen LogP) is 2.83. The maximum absolute atomic E-state index is 11.6. The minimum atomic E-state index is 0. The van der Waals surface area contributed by atoms with Crippen molar-refractivity contribution < 1.29 is 9.90 Å². The second-order valence-electron chi connectivity index (χ2n) is 8.76. The third-order valence-electron chi connectivity index (χ3n) is 6.59. The summed E-state index contributed by atoms with van der Waals surface area (Å²) in [5, 5.41) is 15.5. The molecule has 8 heteroatoms. The Hall–Kier alpha value is -1.55. The number of nitrogens with one attached hydrogen (secondary N) is 2. The number of benzene rings is 1. The van der Waals surface area contributed by atoms with E-state index in [1.807, 2.05) is 0 Å². The molecule has 2 saturated heterocycles. The van der Waals surface area contributed by atoms with Gasteiger partial charge in [-0.15, -0.1) is 24.0 Å². The summed E-state index contributed by atoms with van der Waals surface area (Å²) in [5.74, 6) is 2.04. The number of nitrogens with zero attached hydrogens (tertiary/aromatic N) is 3. The first-order chi connectivity index (χ1) is 15.1. The largest absolute Gasteiger partial charge is 0.396 e. The lowest BCUT2D eigenvalue weighted by atomic mass is 9.93. The van der Waals surface area contributed by atoms with Crippen LogP contribution in [0.4, 0.5) is 5.69 Å². The Kier molecular flexibility index (Phi) is 11.6. The van der Waals surface area contributed by atoms with E-state index >= 15 is 0 Å². The maximum Gasteiger partial charge on any atom is 0.220 e. The van der Waals surface area contributed by atoms with Crippen LogP contribution in [0.25, 0.3) is 0 Å². The topological polar surface area (TPSA) is 80.2 Å². The van der Waals surface area contributed by atoms with Gasteiger partial charge in [0.05, 0.1) is 6.54 Å². The van der Waals surface area contributed by atoms with Gasteiger partial charge in [-0.25, -0.2) is 4.99 Å². The number of guanidine groups is 1. The number of hydrogen-bond acceptors (Lipinski definition) is 4. The number of aliphatic hydroxyl groups excluding tert-OH is 1. The number of aliphatic imine (C=N–C) groups is 1. The second kappa shape index (κ2) is 13.9. The number of amides is 1. The fraction of sp³-hybridized carbons (Fsp3) is 0.667. The second-order valence-corrected chi connectivity index (χ2v) is 8.76. The fourth-order valence-corrected chi connectivity index (χ4v) is 4.49. The molecule has 1 aromatic carbocycles. The molecular formula is C24H40IN5O2. The molecule has 1 aromatic rings. The number of piperidine rings is 2. The SMILES string of the molecule is CCNC(=NCc1ccc(N2CCC(CO)CC2)cc1)N1CCC(CC(=O)NC)CC1.I. The van der Waals surface area contributed by atoms with Crippen LogP contribution in [0.2, 0.25) is 0 Å². The van der Waals surface area contributed by atoms with Crippen molar-refractivity contribution in [3.8, 4) is 0 Å². The van der Waals surface area contributed by atoms with E-state index < -0.39 is 0 Å².